The first-order valence-electron chi connectivity index (χ1n) is 10.1. The second-order valence-corrected chi connectivity index (χ2v) is 7.55. The van der Waals surface area contributed by atoms with E-state index in [-0.39, 0.29) is 25.5 Å². The van der Waals surface area contributed by atoms with E-state index in [0.29, 0.717) is 19.3 Å². The Morgan fingerprint density at radius 3 is 2.35 bits per heavy atom. The zero-order chi connectivity index (χ0) is 23.7. The van der Waals surface area contributed by atoms with Gasteiger partial charge in [-0.1, -0.05) is 0 Å². The molecule has 1 rings (SSSR count). The molecule has 0 spiro atoms. The van der Waals surface area contributed by atoms with Crippen LogP contribution in [0, 0.1) is 0 Å². The maximum atomic E-state index is 13.1. The highest BCUT2D eigenvalue weighted by molar-refractivity contribution is 5.94. The molecule has 0 aromatic rings. The number of aliphatic carboxylic acids is 1. The van der Waals surface area contributed by atoms with E-state index in [0.717, 1.165) is 0 Å². The molecule has 0 radical (unpaired) electrons. The van der Waals surface area contributed by atoms with Crippen LogP contribution in [-0.4, -0.2) is 88.1 Å². The van der Waals surface area contributed by atoms with Crippen LogP contribution < -0.4 is 27.8 Å². The van der Waals surface area contributed by atoms with Crippen molar-refractivity contribution in [3.05, 3.63) is 0 Å². The fraction of sp³-hybridized carbons (Fsp3) is 0.722. The van der Waals surface area contributed by atoms with Gasteiger partial charge in [0.25, 0.3) is 0 Å². The van der Waals surface area contributed by atoms with Crippen LogP contribution >= 0.6 is 0 Å². The summed E-state index contributed by atoms with van der Waals surface area (Å²) >= 11 is 0. The minimum absolute atomic E-state index is 0.0927. The topological polar surface area (TPSA) is 226 Å². The number of carboxylic acid groups (broad SMARTS) is 1. The van der Waals surface area contributed by atoms with Gasteiger partial charge >= 0.3 is 5.97 Å². The summed E-state index contributed by atoms with van der Waals surface area (Å²) in [4.78, 5) is 54.3. The molecule has 13 heteroatoms. The number of aliphatic hydroxyl groups excluding tert-OH is 1. The Kier molecular flexibility index (Phi) is 10.1. The molecule has 5 unspecified atom stereocenters. The zero-order valence-electron chi connectivity index (χ0n) is 17.8. The lowest BCUT2D eigenvalue weighted by Crippen LogP contribution is -2.57. The zero-order valence-corrected chi connectivity index (χ0v) is 17.8. The fourth-order valence-corrected chi connectivity index (χ4v) is 3.21. The molecule has 10 N–H and O–H groups in total. The van der Waals surface area contributed by atoms with E-state index in [4.69, 9.17) is 22.3 Å². The Labute approximate surface area is 180 Å². The van der Waals surface area contributed by atoms with Crippen LogP contribution in [-0.2, 0) is 19.2 Å². The lowest BCUT2D eigenvalue weighted by Gasteiger charge is -2.30. The lowest BCUT2D eigenvalue weighted by atomic mass is 10.1. The number of amides is 3. The van der Waals surface area contributed by atoms with Gasteiger partial charge in [0.15, 0.2) is 12.0 Å². The first-order chi connectivity index (χ1) is 14.5. The standard InChI is InChI=1S/C18H33N7O6/c1-9(19)14(27)23-11(5-3-7-22-18(20)21)16(29)25-8-4-6-12(25)15(28)24-13(10(2)26)17(30)31/h9-13,26H,3-8,19H2,1-2H3,(H,23,27)(H,24,28)(H,30,31)(H4,20,21,22). The first kappa shape index (κ1) is 26.1. The number of aliphatic imine (C=N–C) groups is 1. The van der Waals surface area contributed by atoms with Gasteiger partial charge in [0.1, 0.15) is 12.1 Å². The van der Waals surface area contributed by atoms with E-state index < -0.39 is 54.0 Å². The number of nitrogens with one attached hydrogen (secondary N) is 2. The molecule has 0 saturated carbocycles. The van der Waals surface area contributed by atoms with Gasteiger partial charge in [-0.3, -0.25) is 19.4 Å². The number of carbonyl (C=O) groups is 4. The quantitative estimate of drug-likeness (QED) is 0.0968. The first-order valence-corrected chi connectivity index (χ1v) is 10.1. The normalized spacial score (nSPS) is 19.6. The van der Waals surface area contributed by atoms with Gasteiger partial charge in [-0.25, -0.2) is 4.79 Å². The van der Waals surface area contributed by atoms with Crippen molar-refractivity contribution in [2.45, 2.75) is 69.8 Å². The molecule has 0 aromatic carbocycles. The van der Waals surface area contributed by atoms with Crippen LogP contribution in [0.4, 0.5) is 0 Å². The van der Waals surface area contributed by atoms with Crippen LogP contribution in [0.1, 0.15) is 39.5 Å². The Morgan fingerprint density at radius 1 is 1.19 bits per heavy atom. The summed E-state index contributed by atoms with van der Waals surface area (Å²) in [6.45, 7) is 3.23. The molecule has 1 fully saturated rings. The van der Waals surface area contributed by atoms with Gasteiger partial charge in [-0.2, -0.15) is 0 Å². The molecule has 3 amide bonds. The third-order valence-corrected chi connectivity index (χ3v) is 4.86. The molecular weight excluding hydrogens is 410 g/mol. The van der Waals surface area contributed by atoms with Gasteiger partial charge in [0.05, 0.1) is 12.1 Å². The fourth-order valence-electron chi connectivity index (χ4n) is 3.21. The average Bonchev–Trinajstić information content (AvgIpc) is 3.16. The second kappa shape index (κ2) is 12.1. The van der Waals surface area contributed by atoms with Crippen molar-refractivity contribution in [2.24, 2.45) is 22.2 Å². The van der Waals surface area contributed by atoms with Gasteiger partial charge in [0.2, 0.25) is 17.7 Å². The van der Waals surface area contributed by atoms with E-state index in [1.54, 1.807) is 0 Å². The number of hydrogen-bond acceptors (Lipinski definition) is 7. The van der Waals surface area contributed by atoms with Crippen molar-refractivity contribution in [3.63, 3.8) is 0 Å². The molecule has 1 saturated heterocycles. The monoisotopic (exact) mass is 443 g/mol. The molecular formula is C18H33N7O6. The average molecular weight is 444 g/mol. The van der Waals surface area contributed by atoms with E-state index in [1.807, 2.05) is 0 Å². The number of guanidine groups is 1. The van der Waals surface area contributed by atoms with Crippen LogP contribution in [0.15, 0.2) is 4.99 Å². The van der Waals surface area contributed by atoms with Gasteiger partial charge in [-0.05, 0) is 39.5 Å². The summed E-state index contributed by atoms with van der Waals surface area (Å²) in [5, 5.41) is 23.6. The smallest absolute Gasteiger partial charge is 0.328 e. The molecule has 0 aromatic heterocycles. The van der Waals surface area contributed by atoms with Crippen molar-refractivity contribution in [1.82, 2.24) is 15.5 Å². The number of carbonyl (C=O) groups excluding carboxylic acids is 3. The molecule has 1 heterocycles. The molecule has 1 aliphatic heterocycles. The summed E-state index contributed by atoms with van der Waals surface area (Å²) < 4.78 is 0. The minimum Gasteiger partial charge on any atom is -0.480 e. The van der Waals surface area contributed by atoms with Crippen LogP contribution in [0.3, 0.4) is 0 Å². The number of hydrogen-bond donors (Lipinski definition) is 7. The van der Waals surface area contributed by atoms with Crippen molar-refractivity contribution in [3.8, 4) is 0 Å². The number of nitrogens with two attached hydrogens (primary N) is 3. The van der Waals surface area contributed by atoms with Crippen molar-refractivity contribution in [2.75, 3.05) is 13.1 Å². The largest absolute Gasteiger partial charge is 0.480 e. The second-order valence-electron chi connectivity index (χ2n) is 7.55. The van der Waals surface area contributed by atoms with Crippen LogP contribution in [0.5, 0.6) is 0 Å². The van der Waals surface area contributed by atoms with Crippen molar-refractivity contribution in [1.29, 1.82) is 0 Å². The lowest BCUT2D eigenvalue weighted by molar-refractivity contribution is -0.147. The van der Waals surface area contributed by atoms with E-state index >= 15 is 0 Å². The number of carboxylic acids is 1. The highest BCUT2D eigenvalue weighted by atomic mass is 16.4. The molecule has 0 aliphatic carbocycles. The molecule has 13 nitrogen and oxygen atoms in total. The summed E-state index contributed by atoms with van der Waals surface area (Å²) in [5.41, 5.74) is 16.2. The number of nitrogens with zero attached hydrogens (tertiary/aromatic N) is 2. The Hall–Kier alpha value is -2.93. The predicted octanol–water partition coefficient (Wildman–Crippen LogP) is -3.19. The number of rotatable bonds is 11. The summed E-state index contributed by atoms with van der Waals surface area (Å²) in [5.74, 6) is -3.18. The van der Waals surface area contributed by atoms with E-state index in [1.165, 1.54) is 18.7 Å². The van der Waals surface area contributed by atoms with Crippen molar-refractivity contribution >= 4 is 29.7 Å². The van der Waals surface area contributed by atoms with Gasteiger partial charge < -0.3 is 42.9 Å². The number of aliphatic hydroxyl groups is 1. The van der Waals surface area contributed by atoms with Crippen LogP contribution in [0.2, 0.25) is 0 Å². The summed E-state index contributed by atoms with van der Waals surface area (Å²) in [6.07, 6.45) is 0.135. The van der Waals surface area contributed by atoms with Gasteiger partial charge in [-0.15, -0.1) is 0 Å². The minimum atomic E-state index is -1.50. The maximum Gasteiger partial charge on any atom is 0.328 e. The third kappa shape index (κ3) is 8.02. The molecule has 31 heavy (non-hydrogen) atoms. The molecule has 1 aliphatic rings. The van der Waals surface area contributed by atoms with Gasteiger partial charge in [0, 0.05) is 13.1 Å². The predicted molar refractivity (Wildman–Crippen MR) is 111 cm³/mol. The Balaban J connectivity index is 2.93. The SMILES string of the molecule is CC(N)C(=O)NC(CCCN=C(N)N)C(=O)N1CCCC1C(=O)NC(C(=O)O)C(C)O. The molecule has 0 bridgehead atoms. The maximum absolute atomic E-state index is 13.1. The molecule has 176 valence electrons. The van der Waals surface area contributed by atoms with Crippen molar-refractivity contribution < 1.29 is 29.4 Å². The third-order valence-electron chi connectivity index (χ3n) is 4.86. The Morgan fingerprint density at radius 2 is 1.84 bits per heavy atom. The highest BCUT2D eigenvalue weighted by Gasteiger charge is 2.39. The summed E-state index contributed by atoms with van der Waals surface area (Å²) in [6, 6.07) is -4.21. The van der Waals surface area contributed by atoms with E-state index in [2.05, 4.69) is 15.6 Å². The number of likely N-dealkylation sites (tertiary alicyclic amines) is 1. The molecule has 5 atom stereocenters. The highest BCUT2D eigenvalue weighted by Crippen LogP contribution is 2.20. The Bertz CT molecular complexity index is 693. The van der Waals surface area contributed by atoms with E-state index in [9.17, 15) is 24.3 Å². The van der Waals surface area contributed by atoms with Crippen LogP contribution in [0.25, 0.3) is 0 Å². The summed E-state index contributed by atoms with van der Waals surface area (Å²) in [7, 11) is 0.